The molecule has 0 radical (unpaired) electrons. The van der Waals surface area contributed by atoms with Gasteiger partial charge in [0.1, 0.15) is 5.01 Å². The van der Waals surface area contributed by atoms with Gasteiger partial charge in [-0.1, -0.05) is 60.1 Å². The Labute approximate surface area is 155 Å². The summed E-state index contributed by atoms with van der Waals surface area (Å²) in [6.45, 7) is 2.88. The first-order chi connectivity index (χ1) is 12.1. The van der Waals surface area contributed by atoms with Crippen LogP contribution in [0.5, 0.6) is 0 Å². The molecule has 4 nitrogen and oxygen atoms in total. The van der Waals surface area contributed by atoms with E-state index in [2.05, 4.69) is 15.6 Å². The second-order valence-electron chi connectivity index (χ2n) is 5.53. The van der Waals surface area contributed by atoms with Crippen LogP contribution in [0.3, 0.4) is 0 Å². The number of nitrogens with one attached hydrogen (secondary N) is 2. The number of carbonyl (C=O) groups is 1. The van der Waals surface area contributed by atoms with Crippen molar-refractivity contribution < 1.29 is 4.79 Å². The smallest absolute Gasteiger partial charge is 0.315 e. The Morgan fingerprint density at radius 2 is 1.72 bits per heavy atom. The van der Waals surface area contributed by atoms with Crippen molar-refractivity contribution >= 4 is 29.0 Å². The fourth-order valence-corrected chi connectivity index (χ4v) is 3.67. The molecule has 0 aliphatic rings. The lowest BCUT2D eigenvalue weighted by atomic mass is 10.2. The van der Waals surface area contributed by atoms with Gasteiger partial charge >= 0.3 is 6.03 Å². The molecule has 3 aromatic rings. The number of thiazole rings is 1. The molecule has 0 aliphatic carbocycles. The van der Waals surface area contributed by atoms with Crippen LogP contribution in [0, 0.1) is 6.92 Å². The van der Waals surface area contributed by atoms with E-state index in [-0.39, 0.29) is 6.03 Å². The molecule has 0 bridgehead atoms. The SMILES string of the molecule is Cc1nc(-c2ccccc2Cl)sc1CNC(=O)NCc1ccccc1. The molecule has 0 atom stereocenters. The van der Waals surface area contributed by atoms with Gasteiger partial charge in [-0.2, -0.15) is 0 Å². The zero-order valence-electron chi connectivity index (χ0n) is 13.8. The number of amides is 2. The topological polar surface area (TPSA) is 54.0 Å². The highest BCUT2D eigenvalue weighted by molar-refractivity contribution is 7.15. The highest BCUT2D eigenvalue weighted by atomic mass is 35.5. The predicted molar refractivity (Wildman–Crippen MR) is 103 cm³/mol. The molecule has 2 aromatic carbocycles. The molecule has 1 aromatic heterocycles. The van der Waals surface area contributed by atoms with Gasteiger partial charge in [-0.15, -0.1) is 11.3 Å². The Morgan fingerprint density at radius 1 is 1.04 bits per heavy atom. The Kier molecular flexibility index (Phi) is 5.68. The third-order valence-corrected chi connectivity index (χ3v) is 5.22. The van der Waals surface area contributed by atoms with E-state index in [0.717, 1.165) is 26.7 Å². The van der Waals surface area contributed by atoms with Crippen LogP contribution in [0.15, 0.2) is 54.6 Å². The normalized spacial score (nSPS) is 10.5. The molecule has 2 amide bonds. The van der Waals surface area contributed by atoms with Crippen molar-refractivity contribution in [2.45, 2.75) is 20.0 Å². The summed E-state index contributed by atoms with van der Waals surface area (Å²) >= 11 is 7.78. The van der Waals surface area contributed by atoms with Crippen LogP contribution >= 0.6 is 22.9 Å². The van der Waals surface area contributed by atoms with Gasteiger partial charge in [0.15, 0.2) is 0 Å². The largest absolute Gasteiger partial charge is 0.334 e. The first-order valence-corrected chi connectivity index (χ1v) is 9.10. The minimum atomic E-state index is -0.198. The molecule has 2 N–H and O–H groups in total. The summed E-state index contributed by atoms with van der Waals surface area (Å²) in [5, 5.41) is 7.27. The first kappa shape index (κ1) is 17.5. The molecule has 6 heteroatoms. The van der Waals surface area contributed by atoms with Gasteiger partial charge in [0, 0.05) is 17.0 Å². The van der Waals surface area contributed by atoms with Crippen molar-refractivity contribution in [1.82, 2.24) is 15.6 Å². The lowest BCUT2D eigenvalue weighted by molar-refractivity contribution is 0.240. The number of hydrogen-bond donors (Lipinski definition) is 2. The summed E-state index contributed by atoms with van der Waals surface area (Å²) in [5.74, 6) is 0. The van der Waals surface area contributed by atoms with Crippen molar-refractivity contribution in [3.8, 4) is 10.6 Å². The van der Waals surface area contributed by atoms with E-state index < -0.39 is 0 Å². The van der Waals surface area contributed by atoms with Crippen molar-refractivity contribution in [2.75, 3.05) is 0 Å². The van der Waals surface area contributed by atoms with Crippen LogP contribution in [0.4, 0.5) is 4.79 Å². The van der Waals surface area contributed by atoms with Crippen LogP contribution in [0.1, 0.15) is 16.1 Å². The van der Waals surface area contributed by atoms with Gasteiger partial charge in [-0.3, -0.25) is 0 Å². The van der Waals surface area contributed by atoms with Crippen molar-refractivity contribution in [2.24, 2.45) is 0 Å². The third-order valence-electron chi connectivity index (χ3n) is 3.70. The summed E-state index contributed by atoms with van der Waals surface area (Å²) < 4.78 is 0. The summed E-state index contributed by atoms with van der Waals surface area (Å²) in [5.41, 5.74) is 2.88. The molecule has 1 heterocycles. The maximum absolute atomic E-state index is 12.0. The minimum absolute atomic E-state index is 0.198. The number of halogens is 1. The summed E-state index contributed by atoms with van der Waals surface area (Å²) in [6, 6.07) is 17.2. The highest BCUT2D eigenvalue weighted by Crippen LogP contribution is 2.32. The van der Waals surface area contributed by atoms with Crippen LogP contribution in [0.25, 0.3) is 10.6 Å². The Bertz CT molecular complexity index is 864. The molecule has 25 heavy (non-hydrogen) atoms. The summed E-state index contributed by atoms with van der Waals surface area (Å²) in [4.78, 5) is 17.6. The molecule has 0 spiro atoms. The number of nitrogens with zero attached hydrogens (tertiary/aromatic N) is 1. The van der Waals surface area contributed by atoms with Gasteiger partial charge in [-0.05, 0) is 18.6 Å². The van der Waals surface area contributed by atoms with Crippen LogP contribution < -0.4 is 10.6 Å². The Morgan fingerprint density at radius 3 is 2.48 bits per heavy atom. The van der Waals surface area contributed by atoms with Crippen molar-refractivity contribution in [3.05, 3.63) is 75.8 Å². The van der Waals surface area contributed by atoms with E-state index >= 15 is 0 Å². The van der Waals surface area contributed by atoms with Gasteiger partial charge in [0.25, 0.3) is 0 Å². The molecule has 0 fully saturated rings. The van der Waals surface area contributed by atoms with E-state index in [1.807, 2.05) is 61.5 Å². The fraction of sp³-hybridized carbons (Fsp3) is 0.158. The zero-order valence-corrected chi connectivity index (χ0v) is 15.3. The quantitative estimate of drug-likeness (QED) is 0.678. The van der Waals surface area contributed by atoms with Crippen molar-refractivity contribution in [1.29, 1.82) is 0 Å². The number of hydrogen-bond acceptors (Lipinski definition) is 3. The van der Waals surface area contributed by atoms with E-state index in [4.69, 9.17) is 11.6 Å². The lowest BCUT2D eigenvalue weighted by Gasteiger charge is -2.07. The Balaban J connectivity index is 1.58. The van der Waals surface area contributed by atoms with Crippen LogP contribution in [-0.4, -0.2) is 11.0 Å². The monoisotopic (exact) mass is 371 g/mol. The molecule has 3 rings (SSSR count). The van der Waals surface area contributed by atoms with Gasteiger partial charge in [0.05, 0.1) is 17.3 Å². The van der Waals surface area contributed by atoms with Gasteiger partial charge in [-0.25, -0.2) is 9.78 Å². The summed E-state index contributed by atoms with van der Waals surface area (Å²) in [6.07, 6.45) is 0. The second kappa shape index (κ2) is 8.14. The standard InChI is InChI=1S/C19H18ClN3OS/c1-13-17(25-18(23-13)15-9-5-6-10-16(15)20)12-22-19(24)21-11-14-7-3-2-4-8-14/h2-10H,11-12H2,1H3,(H2,21,22,24). The maximum Gasteiger partial charge on any atom is 0.315 e. The molecule has 0 saturated carbocycles. The lowest BCUT2D eigenvalue weighted by Crippen LogP contribution is -2.34. The number of rotatable bonds is 5. The molecular formula is C19H18ClN3OS. The van der Waals surface area contributed by atoms with E-state index in [9.17, 15) is 4.79 Å². The van der Waals surface area contributed by atoms with Crippen molar-refractivity contribution in [3.63, 3.8) is 0 Å². The molecule has 0 saturated heterocycles. The average molecular weight is 372 g/mol. The van der Waals surface area contributed by atoms with E-state index in [0.29, 0.717) is 18.1 Å². The minimum Gasteiger partial charge on any atom is -0.334 e. The van der Waals surface area contributed by atoms with Crippen LogP contribution in [0.2, 0.25) is 5.02 Å². The number of carbonyl (C=O) groups excluding carboxylic acids is 1. The third kappa shape index (κ3) is 4.59. The van der Waals surface area contributed by atoms with E-state index in [1.54, 1.807) is 11.3 Å². The predicted octanol–water partition coefficient (Wildman–Crippen LogP) is 4.77. The number of urea groups is 1. The number of benzene rings is 2. The fourth-order valence-electron chi connectivity index (χ4n) is 2.34. The van der Waals surface area contributed by atoms with Gasteiger partial charge in [0.2, 0.25) is 0 Å². The summed E-state index contributed by atoms with van der Waals surface area (Å²) in [7, 11) is 0. The van der Waals surface area contributed by atoms with Gasteiger partial charge < -0.3 is 10.6 Å². The molecular weight excluding hydrogens is 354 g/mol. The highest BCUT2D eigenvalue weighted by Gasteiger charge is 2.12. The van der Waals surface area contributed by atoms with Crippen LogP contribution in [-0.2, 0) is 13.1 Å². The zero-order chi connectivity index (χ0) is 17.6. The molecule has 0 unspecified atom stereocenters. The first-order valence-electron chi connectivity index (χ1n) is 7.90. The Hall–Kier alpha value is -2.37. The number of aromatic nitrogens is 1. The maximum atomic E-state index is 12.0. The average Bonchev–Trinajstić information content (AvgIpc) is 3.00. The molecule has 0 aliphatic heterocycles. The number of aryl methyl sites for hydroxylation is 1. The van der Waals surface area contributed by atoms with E-state index in [1.165, 1.54) is 0 Å². The molecule has 128 valence electrons. The second-order valence-corrected chi connectivity index (χ2v) is 7.02.